The molecular weight excluding hydrogens is 244 g/mol. The van der Waals surface area contributed by atoms with Gasteiger partial charge in [-0.2, -0.15) is 0 Å². The summed E-state index contributed by atoms with van der Waals surface area (Å²) in [5.74, 6) is 0.307. The van der Waals surface area contributed by atoms with Gasteiger partial charge in [-0.3, -0.25) is 4.79 Å². The Bertz CT molecular complexity index is 466. The van der Waals surface area contributed by atoms with Crippen LogP contribution in [0.25, 0.3) is 0 Å². The van der Waals surface area contributed by atoms with Crippen molar-refractivity contribution in [2.45, 2.75) is 25.9 Å². The lowest BCUT2D eigenvalue weighted by Crippen LogP contribution is -2.55. The van der Waals surface area contributed by atoms with Gasteiger partial charge in [-0.15, -0.1) is 0 Å². The fourth-order valence-corrected chi connectivity index (χ4v) is 2.50. The van der Waals surface area contributed by atoms with Gasteiger partial charge in [0.15, 0.2) is 11.5 Å². The molecule has 1 aromatic rings. The Morgan fingerprint density at radius 1 is 1.37 bits per heavy atom. The fourth-order valence-electron chi connectivity index (χ4n) is 2.50. The normalized spacial score (nSPS) is 23.2. The van der Waals surface area contributed by atoms with Crippen molar-refractivity contribution >= 4 is 5.91 Å². The fraction of sp³-hybridized carbons (Fsp3) is 0.500. The zero-order valence-corrected chi connectivity index (χ0v) is 11.5. The summed E-state index contributed by atoms with van der Waals surface area (Å²) in [5, 5.41) is 13.1. The van der Waals surface area contributed by atoms with Gasteiger partial charge in [0.1, 0.15) is 0 Å². The number of carbonyl (C=O) groups is 1. The van der Waals surface area contributed by atoms with E-state index in [1.54, 1.807) is 12.1 Å². The van der Waals surface area contributed by atoms with Gasteiger partial charge in [-0.1, -0.05) is 0 Å². The molecule has 1 fully saturated rings. The molecule has 2 rings (SSSR count). The number of hydrogen-bond donors (Lipinski definition) is 2. The number of nitrogens with zero attached hydrogens (tertiary/aromatic N) is 1. The van der Waals surface area contributed by atoms with E-state index in [2.05, 4.69) is 19.2 Å². The van der Waals surface area contributed by atoms with Crippen molar-refractivity contribution in [3.8, 4) is 11.5 Å². The van der Waals surface area contributed by atoms with Crippen molar-refractivity contribution in [2.75, 3.05) is 20.2 Å². The van der Waals surface area contributed by atoms with E-state index in [9.17, 15) is 9.90 Å². The third-order valence-electron chi connectivity index (χ3n) is 3.27. The van der Waals surface area contributed by atoms with Crippen LogP contribution in [0.3, 0.4) is 0 Å². The number of phenolic OH excluding ortho intramolecular Hbond substituents is 1. The minimum atomic E-state index is -0.0573. The van der Waals surface area contributed by atoms with E-state index in [0.29, 0.717) is 24.4 Å². The van der Waals surface area contributed by atoms with E-state index < -0.39 is 0 Å². The quantitative estimate of drug-likeness (QED) is 0.843. The molecule has 1 aromatic carbocycles. The molecule has 0 bridgehead atoms. The number of benzene rings is 1. The Kier molecular flexibility index (Phi) is 3.95. The van der Waals surface area contributed by atoms with Gasteiger partial charge < -0.3 is 20.1 Å². The second-order valence-electron chi connectivity index (χ2n) is 5.07. The van der Waals surface area contributed by atoms with E-state index in [1.807, 2.05) is 4.90 Å². The van der Waals surface area contributed by atoms with Gasteiger partial charge in [0, 0.05) is 30.7 Å². The number of nitrogens with one attached hydrogen (secondary N) is 1. The molecule has 0 saturated carbocycles. The maximum atomic E-state index is 12.4. The number of ether oxygens (including phenoxy) is 1. The van der Waals surface area contributed by atoms with E-state index in [-0.39, 0.29) is 23.7 Å². The monoisotopic (exact) mass is 264 g/mol. The molecule has 1 amide bonds. The summed E-state index contributed by atoms with van der Waals surface area (Å²) in [6.07, 6.45) is 0. The van der Waals surface area contributed by atoms with E-state index in [4.69, 9.17) is 4.74 Å². The number of hydrogen-bond acceptors (Lipinski definition) is 4. The van der Waals surface area contributed by atoms with Gasteiger partial charge in [0.05, 0.1) is 7.11 Å². The highest BCUT2D eigenvalue weighted by Gasteiger charge is 2.25. The number of carbonyl (C=O) groups excluding carboxylic acids is 1. The largest absolute Gasteiger partial charge is 0.504 e. The number of piperazine rings is 1. The molecule has 0 aliphatic carbocycles. The van der Waals surface area contributed by atoms with Crippen molar-refractivity contribution in [3.05, 3.63) is 23.8 Å². The summed E-state index contributed by atoms with van der Waals surface area (Å²) >= 11 is 0. The highest BCUT2D eigenvalue weighted by molar-refractivity contribution is 5.95. The summed E-state index contributed by atoms with van der Waals surface area (Å²) in [5.41, 5.74) is 0.486. The predicted molar refractivity (Wildman–Crippen MR) is 72.6 cm³/mol. The van der Waals surface area contributed by atoms with Crippen molar-refractivity contribution in [3.63, 3.8) is 0 Å². The Balaban J connectivity index is 2.17. The molecule has 5 heteroatoms. The van der Waals surface area contributed by atoms with Crippen LogP contribution in [0.4, 0.5) is 0 Å². The molecule has 0 aromatic heterocycles. The molecule has 0 spiro atoms. The number of rotatable bonds is 2. The predicted octanol–water partition coefficient (Wildman–Crippen LogP) is 1.22. The summed E-state index contributed by atoms with van der Waals surface area (Å²) in [7, 11) is 1.48. The van der Waals surface area contributed by atoms with Crippen LogP contribution in [-0.2, 0) is 0 Å². The SMILES string of the molecule is COc1ccc(C(=O)N2CC(C)NC(C)C2)cc1O. The first-order chi connectivity index (χ1) is 9.01. The zero-order chi connectivity index (χ0) is 14.0. The van der Waals surface area contributed by atoms with Crippen LogP contribution < -0.4 is 10.1 Å². The zero-order valence-electron chi connectivity index (χ0n) is 11.5. The molecule has 1 saturated heterocycles. The lowest BCUT2D eigenvalue weighted by atomic mass is 10.1. The minimum Gasteiger partial charge on any atom is -0.504 e. The molecular formula is C14H20N2O3. The van der Waals surface area contributed by atoms with Crippen molar-refractivity contribution in [2.24, 2.45) is 0 Å². The maximum Gasteiger partial charge on any atom is 0.254 e. The van der Waals surface area contributed by atoms with Crippen LogP contribution in [0.15, 0.2) is 18.2 Å². The number of aromatic hydroxyl groups is 1. The first kappa shape index (κ1) is 13.7. The van der Waals surface area contributed by atoms with Crippen LogP contribution >= 0.6 is 0 Å². The Morgan fingerprint density at radius 3 is 2.53 bits per heavy atom. The molecule has 1 aliphatic rings. The van der Waals surface area contributed by atoms with Crippen LogP contribution in [0, 0.1) is 0 Å². The first-order valence-electron chi connectivity index (χ1n) is 6.43. The van der Waals surface area contributed by atoms with Crippen LogP contribution in [-0.4, -0.2) is 48.2 Å². The van der Waals surface area contributed by atoms with Crippen molar-refractivity contribution in [1.29, 1.82) is 0 Å². The lowest BCUT2D eigenvalue weighted by molar-refractivity contribution is 0.0673. The first-order valence-corrected chi connectivity index (χ1v) is 6.43. The highest BCUT2D eigenvalue weighted by Crippen LogP contribution is 2.27. The molecule has 2 atom stereocenters. The average Bonchev–Trinajstić information content (AvgIpc) is 2.36. The smallest absolute Gasteiger partial charge is 0.254 e. The number of methoxy groups -OCH3 is 1. The average molecular weight is 264 g/mol. The minimum absolute atomic E-state index is 0.00965. The molecule has 1 heterocycles. The standard InChI is InChI=1S/C14H20N2O3/c1-9-7-16(8-10(2)15-9)14(18)11-4-5-13(19-3)12(17)6-11/h4-6,9-10,15,17H,7-8H2,1-3H3. The molecule has 2 unspecified atom stereocenters. The number of amides is 1. The molecule has 0 radical (unpaired) electrons. The van der Waals surface area contributed by atoms with E-state index >= 15 is 0 Å². The lowest BCUT2D eigenvalue weighted by Gasteiger charge is -2.36. The molecule has 19 heavy (non-hydrogen) atoms. The number of phenols is 1. The Morgan fingerprint density at radius 2 is 2.00 bits per heavy atom. The van der Waals surface area contributed by atoms with Gasteiger partial charge in [-0.05, 0) is 32.0 Å². The van der Waals surface area contributed by atoms with Gasteiger partial charge in [0.25, 0.3) is 5.91 Å². The highest BCUT2D eigenvalue weighted by atomic mass is 16.5. The van der Waals surface area contributed by atoms with Crippen LogP contribution in [0.5, 0.6) is 11.5 Å². The van der Waals surface area contributed by atoms with Gasteiger partial charge in [-0.25, -0.2) is 0 Å². The summed E-state index contributed by atoms with van der Waals surface area (Å²) in [6.45, 7) is 5.47. The molecule has 5 nitrogen and oxygen atoms in total. The molecule has 104 valence electrons. The van der Waals surface area contributed by atoms with Crippen LogP contribution in [0.2, 0.25) is 0 Å². The van der Waals surface area contributed by atoms with E-state index in [0.717, 1.165) is 0 Å². The second kappa shape index (κ2) is 5.48. The third-order valence-corrected chi connectivity index (χ3v) is 3.27. The summed E-state index contributed by atoms with van der Waals surface area (Å²) < 4.78 is 4.97. The van der Waals surface area contributed by atoms with E-state index in [1.165, 1.54) is 13.2 Å². The molecule has 2 N–H and O–H groups in total. The maximum absolute atomic E-state index is 12.4. The van der Waals surface area contributed by atoms with Crippen molar-refractivity contribution in [1.82, 2.24) is 10.2 Å². The van der Waals surface area contributed by atoms with Crippen LogP contribution in [0.1, 0.15) is 24.2 Å². The third kappa shape index (κ3) is 2.98. The summed E-state index contributed by atoms with van der Waals surface area (Å²) in [4.78, 5) is 14.2. The molecule has 1 aliphatic heterocycles. The Hall–Kier alpha value is -1.75. The summed E-state index contributed by atoms with van der Waals surface area (Å²) in [6, 6.07) is 5.30. The van der Waals surface area contributed by atoms with Gasteiger partial charge >= 0.3 is 0 Å². The topological polar surface area (TPSA) is 61.8 Å². The van der Waals surface area contributed by atoms with Crippen molar-refractivity contribution < 1.29 is 14.6 Å². The van der Waals surface area contributed by atoms with Gasteiger partial charge in [0.2, 0.25) is 0 Å². The second-order valence-corrected chi connectivity index (χ2v) is 5.07. The Labute approximate surface area is 113 Å².